The summed E-state index contributed by atoms with van der Waals surface area (Å²) in [7, 11) is 0. The fraction of sp³-hybridized carbons (Fsp3) is 0. The van der Waals surface area contributed by atoms with Gasteiger partial charge < -0.3 is 56.9 Å². The molecule has 0 radical (unpaired) electrons. The van der Waals surface area contributed by atoms with E-state index in [4.69, 9.17) is 0 Å². The standard InChI is InChI=1S/4Fe.3H2O.3H2S/h;;;;6*1H2/q;;;+2;;;;;;/p-3. The molecule has 0 aromatic heterocycles. The van der Waals surface area contributed by atoms with E-state index >= 15 is 0 Å². The maximum Gasteiger partial charge on any atom is 2.00 e. The van der Waals surface area contributed by atoms with E-state index in [0.29, 0.717) is 0 Å². The zero-order valence-electron chi connectivity index (χ0n) is 4.26. The maximum atomic E-state index is 0. The molecule has 0 fully saturated rings. The third-order valence-corrected chi connectivity index (χ3v) is 0. The number of rotatable bonds is 0. The van der Waals surface area contributed by atoms with Crippen molar-refractivity contribution in [3.63, 3.8) is 0 Å². The first kappa shape index (κ1) is 207. The van der Waals surface area contributed by atoms with Crippen molar-refractivity contribution in [2.24, 2.45) is 0 Å². The van der Waals surface area contributed by atoms with Crippen LogP contribution in [0.2, 0.25) is 0 Å². The molecule has 0 saturated heterocycles. The molecule has 78 valence electrons. The quantitative estimate of drug-likeness (QED) is 0.252. The van der Waals surface area contributed by atoms with Gasteiger partial charge in [-0.2, -0.15) is 0 Å². The van der Waals surface area contributed by atoms with Crippen molar-refractivity contribution >= 4 is 40.5 Å². The predicted molar refractivity (Wildman–Crippen MR) is 37.1 cm³/mol. The van der Waals surface area contributed by atoms with Gasteiger partial charge >= 0.3 is 17.1 Å². The van der Waals surface area contributed by atoms with Crippen LogP contribution in [0.25, 0.3) is 0 Å². The van der Waals surface area contributed by atoms with Crippen molar-refractivity contribution < 1.29 is 84.7 Å². The summed E-state index contributed by atoms with van der Waals surface area (Å²) in [5.41, 5.74) is 0. The maximum absolute atomic E-state index is 0. The van der Waals surface area contributed by atoms with Gasteiger partial charge in [0.2, 0.25) is 0 Å². The molecule has 0 aliphatic rings. The molecular formula is H9Fe4O3S3-. The Balaban J connectivity index is 0. The molecule has 0 heterocycles. The Kier molecular flexibility index (Phi) is 3330. The SMILES string of the molecule is O.O.O.[Fe+2].[Fe].[Fe].[Fe].[SH-].[SH-].[SH-]. The Bertz CT molecular complexity index is 15.7. The smallest absolute Gasteiger partial charge is 0.813 e. The Hall–Kier alpha value is 3.01. The summed E-state index contributed by atoms with van der Waals surface area (Å²) in [6, 6.07) is 0. The van der Waals surface area contributed by atoms with Gasteiger partial charge in [-0.15, -0.1) is 0 Å². The third-order valence-electron chi connectivity index (χ3n) is 0. The van der Waals surface area contributed by atoms with Gasteiger partial charge in [0.1, 0.15) is 0 Å². The van der Waals surface area contributed by atoms with Crippen molar-refractivity contribution in [1.29, 1.82) is 0 Å². The van der Waals surface area contributed by atoms with Gasteiger partial charge in [0, 0.05) is 51.2 Å². The van der Waals surface area contributed by atoms with Crippen LogP contribution in [-0.2, 0) is 109 Å². The molecule has 0 atom stereocenters. The van der Waals surface area contributed by atoms with Gasteiger partial charge in [0.05, 0.1) is 0 Å². The summed E-state index contributed by atoms with van der Waals surface area (Å²) >= 11 is 0. The topological polar surface area (TPSA) is 94.5 Å². The number of hydrogen-bond acceptors (Lipinski definition) is 3. The van der Waals surface area contributed by atoms with E-state index in [-0.39, 0.29) is 125 Å². The number of hydrogen-bond donors (Lipinski definition) is 0. The van der Waals surface area contributed by atoms with Crippen LogP contribution >= 0.6 is 0 Å². The molecule has 0 aromatic carbocycles. The molecule has 0 aliphatic heterocycles. The Labute approximate surface area is 124 Å². The molecule has 0 aliphatic carbocycles. The van der Waals surface area contributed by atoms with Crippen LogP contribution in [0.3, 0.4) is 0 Å². The predicted octanol–water partition coefficient (Wildman–Crippen LogP) is -3.29. The summed E-state index contributed by atoms with van der Waals surface area (Å²) in [6.45, 7) is 0. The minimum absolute atomic E-state index is 0. The Morgan fingerprint density at radius 2 is 0.400 bits per heavy atom. The largest absolute Gasteiger partial charge is 2.00 e. The van der Waals surface area contributed by atoms with Crippen LogP contribution in [0, 0.1) is 0 Å². The summed E-state index contributed by atoms with van der Waals surface area (Å²) in [5, 5.41) is 0. The fourth-order valence-corrected chi connectivity index (χ4v) is 0. The molecule has 0 unspecified atom stereocenters. The number of thiol groups is 3. The molecule has 0 aromatic rings. The zero-order valence-corrected chi connectivity index (χ0v) is 11.4. The molecule has 6 N–H and O–H groups in total. The van der Waals surface area contributed by atoms with E-state index in [1.807, 2.05) is 0 Å². The first-order chi connectivity index (χ1) is 0. The summed E-state index contributed by atoms with van der Waals surface area (Å²) in [4.78, 5) is 0. The monoisotopic (exact) mass is 377 g/mol. The van der Waals surface area contributed by atoms with Crippen LogP contribution in [0.5, 0.6) is 0 Å². The van der Waals surface area contributed by atoms with Gasteiger partial charge in [0.25, 0.3) is 0 Å². The molecule has 0 spiro atoms. The van der Waals surface area contributed by atoms with Gasteiger partial charge in [-0.3, -0.25) is 0 Å². The fourth-order valence-electron chi connectivity index (χ4n) is 0. The summed E-state index contributed by atoms with van der Waals surface area (Å²) in [5.74, 6) is 0. The van der Waals surface area contributed by atoms with Crippen LogP contribution in [0.1, 0.15) is 0 Å². The van der Waals surface area contributed by atoms with E-state index < -0.39 is 0 Å². The van der Waals surface area contributed by atoms with Crippen molar-refractivity contribution in [3.05, 3.63) is 0 Å². The third kappa shape index (κ3) is 122. The normalized spacial score (nSPS) is 0. The van der Waals surface area contributed by atoms with Gasteiger partial charge in [-0.25, -0.2) is 0 Å². The summed E-state index contributed by atoms with van der Waals surface area (Å²) in [6.07, 6.45) is 0. The van der Waals surface area contributed by atoms with E-state index in [2.05, 4.69) is 0 Å². The zero-order chi connectivity index (χ0) is 0. The van der Waals surface area contributed by atoms with Crippen molar-refractivity contribution in [2.75, 3.05) is 0 Å². The molecule has 10 heavy (non-hydrogen) atoms. The molecule has 0 bridgehead atoms. The molecule has 0 amide bonds. The Morgan fingerprint density at radius 3 is 0.400 bits per heavy atom. The molecule has 0 rings (SSSR count). The average molecular weight is 377 g/mol. The second-order valence-corrected chi connectivity index (χ2v) is 0. The van der Waals surface area contributed by atoms with Gasteiger partial charge in [-0.05, 0) is 0 Å². The first-order valence-corrected chi connectivity index (χ1v) is 0. The van der Waals surface area contributed by atoms with E-state index in [9.17, 15) is 0 Å². The average Bonchev–Trinajstić information content (AvgIpc) is 0. The van der Waals surface area contributed by atoms with Crippen molar-refractivity contribution in [2.45, 2.75) is 0 Å². The van der Waals surface area contributed by atoms with Crippen LogP contribution in [-0.4, -0.2) is 16.4 Å². The molecule has 10 heteroatoms. The molecule has 3 nitrogen and oxygen atoms in total. The second-order valence-electron chi connectivity index (χ2n) is 0. The van der Waals surface area contributed by atoms with Gasteiger partial charge in [-0.1, -0.05) is 0 Å². The molecule has 0 saturated carbocycles. The van der Waals surface area contributed by atoms with E-state index in [1.165, 1.54) is 0 Å². The second kappa shape index (κ2) is 161. The van der Waals surface area contributed by atoms with Crippen LogP contribution < -0.4 is 0 Å². The van der Waals surface area contributed by atoms with Crippen molar-refractivity contribution in [1.82, 2.24) is 0 Å². The van der Waals surface area contributed by atoms with Crippen molar-refractivity contribution in [3.8, 4) is 0 Å². The van der Waals surface area contributed by atoms with Crippen LogP contribution in [0.15, 0.2) is 0 Å². The van der Waals surface area contributed by atoms with E-state index in [1.54, 1.807) is 0 Å². The van der Waals surface area contributed by atoms with E-state index in [0.717, 1.165) is 0 Å². The minimum atomic E-state index is 0. The Morgan fingerprint density at radius 1 is 0.400 bits per heavy atom. The minimum Gasteiger partial charge on any atom is -0.813 e. The summed E-state index contributed by atoms with van der Waals surface area (Å²) < 4.78 is 0. The molecular weight excluding hydrogens is 368 g/mol. The van der Waals surface area contributed by atoms with Crippen LogP contribution in [0.4, 0.5) is 0 Å². The first-order valence-electron chi connectivity index (χ1n) is 0. The van der Waals surface area contributed by atoms with Gasteiger partial charge in [0.15, 0.2) is 0 Å².